The molecule has 0 spiro atoms. The molecule has 2 rings (SSSR count). The van der Waals surface area contributed by atoms with Crippen LogP contribution in [0.3, 0.4) is 0 Å². The summed E-state index contributed by atoms with van der Waals surface area (Å²) in [6.45, 7) is 6.88. The van der Waals surface area contributed by atoms with Gasteiger partial charge in [-0.15, -0.1) is 0 Å². The van der Waals surface area contributed by atoms with E-state index in [0.717, 1.165) is 69.3 Å². The van der Waals surface area contributed by atoms with Gasteiger partial charge < -0.3 is 24.8 Å². The van der Waals surface area contributed by atoms with Crippen molar-refractivity contribution in [3.8, 4) is 0 Å². The summed E-state index contributed by atoms with van der Waals surface area (Å²) in [7, 11) is 3.56. The SMILES string of the molecule is CCc1cc(CNC(=NC)NC2CCN(CCCOC)CC2)on1. The first-order chi connectivity index (χ1) is 11.7. The highest BCUT2D eigenvalue weighted by Gasteiger charge is 2.19. The predicted molar refractivity (Wildman–Crippen MR) is 95.2 cm³/mol. The van der Waals surface area contributed by atoms with Gasteiger partial charge in [0.05, 0.1) is 12.2 Å². The van der Waals surface area contributed by atoms with Crippen LogP contribution in [0, 0.1) is 0 Å². The average Bonchev–Trinajstić information content (AvgIpc) is 3.08. The van der Waals surface area contributed by atoms with Gasteiger partial charge in [-0.2, -0.15) is 0 Å². The molecule has 0 saturated carbocycles. The third kappa shape index (κ3) is 6.13. The zero-order chi connectivity index (χ0) is 17.2. The molecule has 1 aromatic heterocycles. The monoisotopic (exact) mass is 337 g/mol. The van der Waals surface area contributed by atoms with Crippen LogP contribution in [-0.4, -0.2) is 62.5 Å². The molecule has 0 bridgehead atoms. The summed E-state index contributed by atoms with van der Waals surface area (Å²) in [6.07, 6.45) is 4.26. The molecule has 7 heteroatoms. The van der Waals surface area contributed by atoms with Gasteiger partial charge in [-0.05, 0) is 25.7 Å². The zero-order valence-corrected chi connectivity index (χ0v) is 15.2. The van der Waals surface area contributed by atoms with Crippen LogP contribution in [0.15, 0.2) is 15.6 Å². The molecule has 0 aliphatic carbocycles. The van der Waals surface area contributed by atoms with Gasteiger partial charge in [0, 0.05) is 52.5 Å². The van der Waals surface area contributed by atoms with Crippen LogP contribution in [0.4, 0.5) is 0 Å². The highest BCUT2D eigenvalue weighted by Crippen LogP contribution is 2.10. The minimum absolute atomic E-state index is 0.468. The van der Waals surface area contributed by atoms with E-state index in [4.69, 9.17) is 9.26 Å². The van der Waals surface area contributed by atoms with Crippen LogP contribution in [0.5, 0.6) is 0 Å². The van der Waals surface area contributed by atoms with Gasteiger partial charge in [0.25, 0.3) is 0 Å². The molecular formula is C17H31N5O2. The lowest BCUT2D eigenvalue weighted by Crippen LogP contribution is -2.48. The van der Waals surface area contributed by atoms with Gasteiger partial charge in [-0.3, -0.25) is 4.99 Å². The summed E-state index contributed by atoms with van der Waals surface area (Å²) < 4.78 is 10.4. The van der Waals surface area contributed by atoms with E-state index in [0.29, 0.717) is 12.6 Å². The quantitative estimate of drug-likeness (QED) is 0.424. The lowest BCUT2D eigenvalue weighted by atomic mass is 10.1. The smallest absolute Gasteiger partial charge is 0.191 e. The Kier molecular flexibility index (Phi) is 8.04. The van der Waals surface area contributed by atoms with Crippen LogP contribution in [0.25, 0.3) is 0 Å². The minimum Gasteiger partial charge on any atom is -0.385 e. The first kappa shape index (κ1) is 18.7. The van der Waals surface area contributed by atoms with Gasteiger partial charge >= 0.3 is 0 Å². The number of rotatable bonds is 8. The Labute approximate surface area is 144 Å². The highest BCUT2D eigenvalue weighted by atomic mass is 16.5. The fourth-order valence-electron chi connectivity index (χ4n) is 2.90. The van der Waals surface area contributed by atoms with Gasteiger partial charge in [-0.1, -0.05) is 12.1 Å². The standard InChI is InChI=1S/C17H31N5O2/c1-4-14-12-16(24-21-14)13-19-17(18-2)20-15-6-9-22(10-7-15)8-5-11-23-3/h12,15H,4-11,13H2,1-3H3,(H2,18,19,20). The molecule has 2 heterocycles. The third-order valence-electron chi connectivity index (χ3n) is 4.37. The molecule has 2 N–H and O–H groups in total. The fraction of sp³-hybridized carbons (Fsp3) is 0.765. The van der Waals surface area contributed by atoms with Gasteiger partial charge in [0.1, 0.15) is 0 Å². The van der Waals surface area contributed by atoms with Crippen LogP contribution >= 0.6 is 0 Å². The van der Waals surface area contributed by atoms with Crippen LogP contribution in [0.2, 0.25) is 0 Å². The maximum absolute atomic E-state index is 5.29. The van der Waals surface area contributed by atoms with Crippen molar-refractivity contribution in [1.29, 1.82) is 0 Å². The minimum atomic E-state index is 0.468. The number of aryl methyl sites for hydroxylation is 1. The van der Waals surface area contributed by atoms with Crippen LogP contribution < -0.4 is 10.6 Å². The zero-order valence-electron chi connectivity index (χ0n) is 15.2. The largest absolute Gasteiger partial charge is 0.385 e. The maximum Gasteiger partial charge on any atom is 0.191 e. The lowest BCUT2D eigenvalue weighted by Gasteiger charge is -2.33. The number of nitrogens with zero attached hydrogens (tertiary/aromatic N) is 3. The Morgan fingerprint density at radius 3 is 2.88 bits per heavy atom. The fourth-order valence-corrected chi connectivity index (χ4v) is 2.90. The molecule has 0 radical (unpaired) electrons. The number of aliphatic imine (C=N–C) groups is 1. The van der Waals surface area contributed by atoms with E-state index < -0.39 is 0 Å². The second-order valence-electron chi connectivity index (χ2n) is 6.17. The molecule has 0 atom stereocenters. The van der Waals surface area contributed by atoms with Crippen molar-refractivity contribution in [3.63, 3.8) is 0 Å². The summed E-state index contributed by atoms with van der Waals surface area (Å²) >= 11 is 0. The van der Waals surface area contributed by atoms with Crippen molar-refractivity contribution in [2.45, 2.75) is 45.2 Å². The first-order valence-electron chi connectivity index (χ1n) is 8.88. The Morgan fingerprint density at radius 2 is 2.25 bits per heavy atom. The molecule has 136 valence electrons. The van der Waals surface area contributed by atoms with E-state index in [-0.39, 0.29) is 0 Å². The third-order valence-corrected chi connectivity index (χ3v) is 4.37. The van der Waals surface area contributed by atoms with Gasteiger partial charge in [0.15, 0.2) is 11.7 Å². The van der Waals surface area contributed by atoms with Crippen LogP contribution in [0.1, 0.15) is 37.6 Å². The van der Waals surface area contributed by atoms with Crippen molar-refractivity contribution in [1.82, 2.24) is 20.7 Å². The number of nitrogens with one attached hydrogen (secondary N) is 2. The van der Waals surface area contributed by atoms with E-state index in [9.17, 15) is 0 Å². The molecular weight excluding hydrogens is 306 g/mol. The lowest BCUT2D eigenvalue weighted by molar-refractivity contribution is 0.155. The number of ether oxygens (including phenoxy) is 1. The topological polar surface area (TPSA) is 74.9 Å². The van der Waals surface area contributed by atoms with Gasteiger partial charge in [-0.25, -0.2) is 0 Å². The van der Waals surface area contributed by atoms with E-state index in [1.807, 2.05) is 6.07 Å². The number of guanidine groups is 1. The van der Waals surface area contributed by atoms with Crippen molar-refractivity contribution in [2.75, 3.05) is 40.4 Å². The Balaban J connectivity index is 1.68. The van der Waals surface area contributed by atoms with E-state index in [1.54, 1.807) is 14.2 Å². The molecule has 24 heavy (non-hydrogen) atoms. The molecule has 1 aliphatic heterocycles. The normalized spacial score (nSPS) is 17.2. The summed E-state index contributed by atoms with van der Waals surface area (Å²) in [4.78, 5) is 6.81. The molecule has 1 aromatic rings. The number of hydrogen-bond acceptors (Lipinski definition) is 5. The second kappa shape index (κ2) is 10.3. The first-order valence-corrected chi connectivity index (χ1v) is 8.88. The highest BCUT2D eigenvalue weighted by molar-refractivity contribution is 5.79. The number of likely N-dealkylation sites (tertiary alicyclic amines) is 1. The van der Waals surface area contributed by atoms with Crippen molar-refractivity contribution >= 4 is 5.96 Å². The molecule has 1 fully saturated rings. The predicted octanol–water partition coefficient (Wildman–Crippen LogP) is 1.40. The van der Waals surface area contributed by atoms with Crippen molar-refractivity contribution in [2.24, 2.45) is 4.99 Å². The summed E-state index contributed by atoms with van der Waals surface area (Å²) in [5, 5.41) is 10.8. The average molecular weight is 337 g/mol. The molecule has 1 aliphatic rings. The summed E-state index contributed by atoms with van der Waals surface area (Å²) in [5.74, 6) is 1.66. The molecule has 1 saturated heterocycles. The Hall–Kier alpha value is -1.60. The number of piperidine rings is 1. The number of methoxy groups -OCH3 is 1. The molecule has 7 nitrogen and oxygen atoms in total. The van der Waals surface area contributed by atoms with Crippen LogP contribution in [-0.2, 0) is 17.7 Å². The maximum atomic E-state index is 5.29. The van der Waals surface area contributed by atoms with Gasteiger partial charge in [0.2, 0.25) is 0 Å². The van der Waals surface area contributed by atoms with E-state index in [2.05, 4.69) is 32.6 Å². The molecule has 0 amide bonds. The Morgan fingerprint density at radius 1 is 1.46 bits per heavy atom. The number of hydrogen-bond donors (Lipinski definition) is 2. The second-order valence-corrected chi connectivity index (χ2v) is 6.17. The van der Waals surface area contributed by atoms with Crippen molar-refractivity contribution < 1.29 is 9.26 Å². The summed E-state index contributed by atoms with van der Waals surface area (Å²) in [6, 6.07) is 2.45. The van der Waals surface area contributed by atoms with Crippen molar-refractivity contribution in [3.05, 3.63) is 17.5 Å². The summed E-state index contributed by atoms with van der Waals surface area (Å²) in [5.41, 5.74) is 0.982. The molecule has 0 aromatic carbocycles. The number of aromatic nitrogens is 1. The van der Waals surface area contributed by atoms with E-state index in [1.165, 1.54) is 0 Å². The van der Waals surface area contributed by atoms with E-state index >= 15 is 0 Å². The molecule has 0 unspecified atom stereocenters. The Bertz CT molecular complexity index is 495.